The number of benzene rings is 1. The van der Waals surface area contributed by atoms with E-state index in [0.29, 0.717) is 15.7 Å². The molecule has 2 rings (SSSR count). The van der Waals surface area contributed by atoms with Crippen LogP contribution in [-0.2, 0) is 0 Å². The van der Waals surface area contributed by atoms with Crippen LogP contribution < -0.4 is 5.32 Å². The number of anilines is 2. The summed E-state index contributed by atoms with van der Waals surface area (Å²) in [6.45, 7) is 0. The zero-order chi connectivity index (χ0) is 14.0. The molecular formula is C12H7Cl2FN2O2. The summed E-state index contributed by atoms with van der Waals surface area (Å²) in [6, 6.07) is 5.55. The van der Waals surface area contributed by atoms with Crippen molar-refractivity contribution >= 4 is 40.7 Å². The molecule has 98 valence electrons. The zero-order valence-corrected chi connectivity index (χ0v) is 10.8. The van der Waals surface area contributed by atoms with Gasteiger partial charge in [-0.15, -0.1) is 0 Å². The van der Waals surface area contributed by atoms with Crippen molar-refractivity contribution in [3.05, 3.63) is 51.9 Å². The molecule has 0 amide bonds. The van der Waals surface area contributed by atoms with E-state index in [4.69, 9.17) is 28.3 Å². The number of nitrogens with one attached hydrogen (secondary N) is 1. The molecule has 1 aromatic carbocycles. The van der Waals surface area contributed by atoms with E-state index < -0.39 is 11.8 Å². The van der Waals surface area contributed by atoms with Crippen LogP contribution in [0.5, 0.6) is 0 Å². The number of aromatic carboxylic acids is 1. The molecule has 2 aromatic rings. The summed E-state index contributed by atoms with van der Waals surface area (Å²) in [7, 11) is 0. The fourth-order valence-corrected chi connectivity index (χ4v) is 1.71. The first-order valence-electron chi connectivity index (χ1n) is 5.08. The third-order valence-electron chi connectivity index (χ3n) is 2.27. The molecule has 4 nitrogen and oxygen atoms in total. The highest BCUT2D eigenvalue weighted by atomic mass is 35.5. The van der Waals surface area contributed by atoms with E-state index in [1.165, 1.54) is 6.07 Å². The second-order valence-corrected chi connectivity index (χ2v) is 4.42. The van der Waals surface area contributed by atoms with E-state index in [2.05, 4.69) is 10.3 Å². The minimum Gasteiger partial charge on any atom is -0.478 e. The standard InChI is InChI=1S/C12H7Cl2FN2O2/c13-9-2-1-7(4-10(9)14)17-11-8(12(18)19)3-6(15)5-16-11/h1-5H,(H,16,17)(H,18,19). The quantitative estimate of drug-likeness (QED) is 0.900. The van der Waals surface area contributed by atoms with Gasteiger partial charge in [-0.05, 0) is 24.3 Å². The number of hydrogen-bond donors (Lipinski definition) is 2. The van der Waals surface area contributed by atoms with E-state index in [-0.39, 0.29) is 11.4 Å². The van der Waals surface area contributed by atoms with Gasteiger partial charge in [0.05, 0.1) is 16.2 Å². The van der Waals surface area contributed by atoms with E-state index in [9.17, 15) is 9.18 Å². The second-order valence-electron chi connectivity index (χ2n) is 3.61. The Balaban J connectivity index is 2.37. The third kappa shape index (κ3) is 3.13. The molecule has 1 aromatic heterocycles. The van der Waals surface area contributed by atoms with Crippen molar-refractivity contribution in [2.75, 3.05) is 5.32 Å². The van der Waals surface area contributed by atoms with Crippen LogP contribution >= 0.6 is 23.2 Å². The number of hydrogen-bond acceptors (Lipinski definition) is 3. The maximum absolute atomic E-state index is 13.0. The Bertz CT molecular complexity index is 650. The molecule has 0 aliphatic heterocycles. The topological polar surface area (TPSA) is 62.2 Å². The van der Waals surface area contributed by atoms with Gasteiger partial charge >= 0.3 is 5.97 Å². The lowest BCUT2D eigenvalue weighted by Crippen LogP contribution is -2.05. The number of halogens is 3. The molecule has 7 heteroatoms. The highest BCUT2D eigenvalue weighted by Crippen LogP contribution is 2.27. The molecule has 1 heterocycles. The van der Waals surface area contributed by atoms with Crippen molar-refractivity contribution in [2.45, 2.75) is 0 Å². The Morgan fingerprint density at radius 2 is 2.00 bits per heavy atom. The van der Waals surface area contributed by atoms with Crippen molar-refractivity contribution in [3.8, 4) is 0 Å². The molecule has 0 aliphatic rings. The lowest BCUT2D eigenvalue weighted by molar-refractivity contribution is 0.0697. The smallest absolute Gasteiger partial charge is 0.339 e. The van der Waals surface area contributed by atoms with Gasteiger partial charge in [0.1, 0.15) is 17.2 Å². The van der Waals surface area contributed by atoms with Crippen LogP contribution in [0.15, 0.2) is 30.5 Å². The Morgan fingerprint density at radius 3 is 2.63 bits per heavy atom. The van der Waals surface area contributed by atoms with Crippen molar-refractivity contribution in [1.29, 1.82) is 0 Å². The van der Waals surface area contributed by atoms with Gasteiger partial charge in [-0.3, -0.25) is 0 Å². The molecule has 0 bridgehead atoms. The second kappa shape index (κ2) is 5.42. The molecule has 0 fully saturated rings. The predicted octanol–water partition coefficient (Wildman–Crippen LogP) is 3.97. The van der Waals surface area contributed by atoms with Gasteiger partial charge in [0, 0.05) is 5.69 Å². The summed E-state index contributed by atoms with van der Waals surface area (Å²) >= 11 is 11.6. The minimum absolute atomic E-state index is 0.0206. The molecule has 0 saturated carbocycles. The molecule has 0 atom stereocenters. The first kappa shape index (κ1) is 13.6. The Labute approximate surface area is 117 Å². The van der Waals surface area contributed by atoms with Crippen LogP contribution in [0.2, 0.25) is 10.0 Å². The van der Waals surface area contributed by atoms with E-state index in [0.717, 1.165) is 12.3 Å². The van der Waals surface area contributed by atoms with Crippen molar-refractivity contribution in [1.82, 2.24) is 4.98 Å². The third-order valence-corrected chi connectivity index (χ3v) is 3.01. The first-order valence-corrected chi connectivity index (χ1v) is 5.84. The number of carboxylic acids is 1. The van der Waals surface area contributed by atoms with Gasteiger partial charge in [0.15, 0.2) is 0 Å². The number of carbonyl (C=O) groups is 1. The van der Waals surface area contributed by atoms with Crippen LogP contribution in [0.25, 0.3) is 0 Å². The Kier molecular flexibility index (Phi) is 3.87. The molecule has 0 spiro atoms. The number of aromatic nitrogens is 1. The summed E-state index contributed by atoms with van der Waals surface area (Å²) in [4.78, 5) is 14.7. The van der Waals surface area contributed by atoms with Gasteiger partial charge < -0.3 is 10.4 Å². The predicted molar refractivity (Wildman–Crippen MR) is 70.9 cm³/mol. The van der Waals surface area contributed by atoms with Gasteiger partial charge in [-0.1, -0.05) is 23.2 Å². The molecular weight excluding hydrogens is 294 g/mol. The van der Waals surface area contributed by atoms with Gasteiger partial charge in [0.25, 0.3) is 0 Å². The summed E-state index contributed by atoms with van der Waals surface area (Å²) < 4.78 is 13.0. The van der Waals surface area contributed by atoms with Crippen LogP contribution in [-0.4, -0.2) is 16.1 Å². The average molecular weight is 301 g/mol. The number of pyridine rings is 1. The van der Waals surface area contributed by atoms with Gasteiger partial charge in [0.2, 0.25) is 0 Å². The fraction of sp³-hybridized carbons (Fsp3) is 0. The van der Waals surface area contributed by atoms with Crippen LogP contribution in [0.3, 0.4) is 0 Å². The molecule has 19 heavy (non-hydrogen) atoms. The van der Waals surface area contributed by atoms with Crippen molar-refractivity contribution in [3.63, 3.8) is 0 Å². The van der Waals surface area contributed by atoms with E-state index >= 15 is 0 Å². The van der Waals surface area contributed by atoms with Crippen molar-refractivity contribution < 1.29 is 14.3 Å². The molecule has 0 saturated heterocycles. The maximum atomic E-state index is 13.0. The molecule has 0 unspecified atom stereocenters. The SMILES string of the molecule is O=C(O)c1cc(F)cnc1Nc1ccc(Cl)c(Cl)c1. The van der Waals surface area contributed by atoms with E-state index in [1.54, 1.807) is 12.1 Å². The monoisotopic (exact) mass is 300 g/mol. The summed E-state index contributed by atoms with van der Waals surface area (Å²) in [6.07, 6.45) is 0.923. The molecule has 0 radical (unpaired) electrons. The highest BCUT2D eigenvalue weighted by Gasteiger charge is 2.13. The Hall–Kier alpha value is -1.85. The molecule has 0 aliphatic carbocycles. The number of carboxylic acid groups (broad SMARTS) is 1. The summed E-state index contributed by atoms with van der Waals surface area (Å²) in [5.41, 5.74) is 0.224. The van der Waals surface area contributed by atoms with Gasteiger partial charge in [-0.2, -0.15) is 0 Å². The zero-order valence-electron chi connectivity index (χ0n) is 9.32. The summed E-state index contributed by atoms with van der Waals surface area (Å²) in [5, 5.41) is 12.4. The maximum Gasteiger partial charge on any atom is 0.339 e. The number of nitrogens with zero attached hydrogens (tertiary/aromatic N) is 1. The lowest BCUT2D eigenvalue weighted by Gasteiger charge is -2.09. The van der Waals surface area contributed by atoms with Crippen LogP contribution in [0.4, 0.5) is 15.9 Å². The molecule has 2 N–H and O–H groups in total. The lowest BCUT2D eigenvalue weighted by atomic mass is 10.2. The minimum atomic E-state index is -1.28. The number of rotatable bonds is 3. The largest absolute Gasteiger partial charge is 0.478 e. The average Bonchev–Trinajstić information content (AvgIpc) is 2.36. The first-order chi connectivity index (χ1) is 8.97. The highest BCUT2D eigenvalue weighted by molar-refractivity contribution is 6.42. The van der Waals surface area contributed by atoms with Crippen molar-refractivity contribution in [2.24, 2.45) is 0 Å². The normalized spacial score (nSPS) is 10.3. The van der Waals surface area contributed by atoms with E-state index in [1.807, 2.05) is 0 Å². The van der Waals surface area contributed by atoms with Crippen LogP contribution in [0, 0.1) is 5.82 Å². The van der Waals surface area contributed by atoms with Crippen LogP contribution in [0.1, 0.15) is 10.4 Å². The summed E-state index contributed by atoms with van der Waals surface area (Å²) in [5.74, 6) is -1.99. The Morgan fingerprint density at radius 1 is 1.26 bits per heavy atom. The van der Waals surface area contributed by atoms with Gasteiger partial charge in [-0.25, -0.2) is 14.2 Å². The fourth-order valence-electron chi connectivity index (χ4n) is 1.41.